The first-order valence-corrected chi connectivity index (χ1v) is 5.84. The fourth-order valence-corrected chi connectivity index (χ4v) is 1.39. The molecule has 0 aliphatic carbocycles. The molecule has 0 radical (unpaired) electrons. The number of benzene rings is 1. The van der Waals surface area contributed by atoms with Gasteiger partial charge >= 0.3 is 6.09 Å². The molecule has 18 heavy (non-hydrogen) atoms. The van der Waals surface area contributed by atoms with Gasteiger partial charge in [0.25, 0.3) is 0 Å². The Balaban J connectivity index is 2.11. The number of amides is 1. The first-order valence-electron chi connectivity index (χ1n) is 5.84. The van der Waals surface area contributed by atoms with Gasteiger partial charge in [0.05, 0.1) is 12.7 Å². The molecule has 1 rings (SSSR count). The van der Waals surface area contributed by atoms with Gasteiger partial charge in [-0.1, -0.05) is 30.3 Å². The fraction of sp³-hybridized carbons (Fsp3) is 0.462. The summed E-state index contributed by atoms with van der Waals surface area (Å²) in [5.41, 5.74) is 0.937. The molecule has 0 aliphatic rings. The van der Waals surface area contributed by atoms with Gasteiger partial charge in [-0.3, -0.25) is 0 Å². The Morgan fingerprint density at radius 2 is 2.11 bits per heavy atom. The molecule has 1 amide bonds. The molecule has 0 spiro atoms. The van der Waals surface area contributed by atoms with Crippen LogP contribution in [0.4, 0.5) is 4.79 Å². The summed E-state index contributed by atoms with van der Waals surface area (Å²) in [7, 11) is 1.52. The summed E-state index contributed by atoms with van der Waals surface area (Å²) in [5.74, 6) is 0. The summed E-state index contributed by atoms with van der Waals surface area (Å²) in [5, 5.41) is 11.9. The average Bonchev–Trinajstić information content (AvgIpc) is 2.38. The van der Waals surface area contributed by atoms with E-state index in [0.29, 0.717) is 13.0 Å². The number of hydrogen-bond donors (Lipinski definition) is 2. The van der Waals surface area contributed by atoms with Gasteiger partial charge in [-0.05, 0) is 12.0 Å². The van der Waals surface area contributed by atoms with E-state index in [-0.39, 0.29) is 13.2 Å². The molecular formula is C13H19NO4. The third kappa shape index (κ3) is 6.22. The molecule has 0 heterocycles. The van der Waals surface area contributed by atoms with Crippen molar-refractivity contribution in [2.24, 2.45) is 0 Å². The minimum Gasteiger partial charge on any atom is -0.445 e. The van der Waals surface area contributed by atoms with E-state index < -0.39 is 12.2 Å². The lowest BCUT2D eigenvalue weighted by Crippen LogP contribution is -2.28. The number of carbonyl (C=O) groups excluding carboxylic acids is 1. The van der Waals surface area contributed by atoms with Crippen LogP contribution in [0, 0.1) is 0 Å². The van der Waals surface area contributed by atoms with Crippen molar-refractivity contribution in [2.45, 2.75) is 19.1 Å². The molecule has 2 N–H and O–H groups in total. The molecule has 0 saturated carbocycles. The zero-order valence-corrected chi connectivity index (χ0v) is 10.5. The predicted octanol–water partition coefficient (Wildman–Crippen LogP) is 1.31. The van der Waals surface area contributed by atoms with Gasteiger partial charge < -0.3 is 19.9 Å². The molecule has 1 atom stereocenters. The van der Waals surface area contributed by atoms with Crippen molar-refractivity contribution in [3.63, 3.8) is 0 Å². The van der Waals surface area contributed by atoms with Gasteiger partial charge in [0.1, 0.15) is 6.61 Å². The van der Waals surface area contributed by atoms with Gasteiger partial charge in [-0.25, -0.2) is 4.79 Å². The molecule has 0 saturated heterocycles. The molecule has 0 aliphatic heterocycles. The molecule has 0 aromatic heterocycles. The summed E-state index contributed by atoms with van der Waals surface area (Å²) in [6.45, 7) is 0.867. The first-order chi connectivity index (χ1) is 8.72. The van der Waals surface area contributed by atoms with Crippen molar-refractivity contribution >= 4 is 6.09 Å². The zero-order valence-electron chi connectivity index (χ0n) is 10.5. The lowest BCUT2D eigenvalue weighted by Gasteiger charge is -2.10. The molecule has 100 valence electrons. The summed E-state index contributed by atoms with van der Waals surface area (Å²) < 4.78 is 9.78. The Hall–Kier alpha value is -1.59. The molecule has 1 aromatic rings. The highest BCUT2D eigenvalue weighted by Crippen LogP contribution is 2.00. The number of aliphatic hydroxyl groups excluding tert-OH is 1. The maximum Gasteiger partial charge on any atom is 0.407 e. The smallest absolute Gasteiger partial charge is 0.407 e. The van der Waals surface area contributed by atoms with Gasteiger partial charge in [-0.2, -0.15) is 0 Å². The minimum atomic E-state index is -0.565. The van der Waals surface area contributed by atoms with Crippen LogP contribution in [0.2, 0.25) is 0 Å². The number of ether oxygens (including phenoxy) is 2. The average molecular weight is 253 g/mol. The van der Waals surface area contributed by atoms with E-state index in [4.69, 9.17) is 9.47 Å². The number of methoxy groups -OCH3 is 1. The van der Waals surface area contributed by atoms with Crippen LogP contribution < -0.4 is 5.32 Å². The van der Waals surface area contributed by atoms with Crippen LogP contribution in [-0.2, 0) is 16.1 Å². The maximum atomic E-state index is 11.3. The molecule has 0 bridgehead atoms. The Kier molecular flexibility index (Phi) is 6.83. The summed E-state index contributed by atoms with van der Waals surface area (Å²) >= 11 is 0. The highest BCUT2D eigenvalue weighted by Gasteiger charge is 2.05. The van der Waals surface area contributed by atoms with Crippen molar-refractivity contribution in [3.05, 3.63) is 35.9 Å². The number of carbonyl (C=O) groups is 1. The summed E-state index contributed by atoms with van der Waals surface area (Å²) in [4.78, 5) is 11.3. The Morgan fingerprint density at radius 1 is 1.39 bits per heavy atom. The number of rotatable bonds is 7. The van der Waals surface area contributed by atoms with Gasteiger partial charge in [-0.15, -0.1) is 0 Å². The van der Waals surface area contributed by atoms with Gasteiger partial charge in [0, 0.05) is 13.7 Å². The first kappa shape index (κ1) is 14.5. The van der Waals surface area contributed by atoms with Crippen LogP contribution in [0.25, 0.3) is 0 Å². The van der Waals surface area contributed by atoms with E-state index in [9.17, 15) is 9.90 Å². The number of nitrogens with one attached hydrogen (secondary N) is 1. The monoisotopic (exact) mass is 253 g/mol. The van der Waals surface area contributed by atoms with Crippen LogP contribution in [0.5, 0.6) is 0 Å². The standard InChI is InChI=1S/C13H19NO4/c1-17-10-12(15)7-8-14-13(16)18-9-11-5-3-2-4-6-11/h2-6,12,15H,7-10H2,1H3,(H,14,16). The van der Waals surface area contributed by atoms with Crippen molar-refractivity contribution in [2.75, 3.05) is 20.3 Å². The normalized spacial score (nSPS) is 11.9. The van der Waals surface area contributed by atoms with Gasteiger partial charge in [0.2, 0.25) is 0 Å². The quantitative estimate of drug-likeness (QED) is 0.769. The van der Waals surface area contributed by atoms with E-state index >= 15 is 0 Å². The Bertz CT molecular complexity index is 342. The number of aliphatic hydroxyl groups is 1. The van der Waals surface area contributed by atoms with Crippen molar-refractivity contribution in [1.82, 2.24) is 5.32 Å². The molecule has 1 unspecified atom stereocenters. The lowest BCUT2D eigenvalue weighted by atomic mass is 10.2. The third-order valence-corrected chi connectivity index (χ3v) is 2.32. The highest BCUT2D eigenvalue weighted by atomic mass is 16.5. The van der Waals surface area contributed by atoms with E-state index in [1.807, 2.05) is 30.3 Å². The van der Waals surface area contributed by atoms with E-state index in [1.54, 1.807) is 0 Å². The van der Waals surface area contributed by atoms with Crippen LogP contribution in [-0.4, -0.2) is 37.6 Å². The SMILES string of the molecule is COCC(O)CCNC(=O)OCc1ccccc1. The minimum absolute atomic E-state index is 0.243. The second kappa shape index (κ2) is 8.49. The van der Waals surface area contributed by atoms with Crippen molar-refractivity contribution < 1.29 is 19.4 Å². The van der Waals surface area contributed by atoms with E-state index in [2.05, 4.69) is 5.32 Å². The number of alkyl carbamates (subject to hydrolysis) is 1. The Labute approximate surface area is 107 Å². The van der Waals surface area contributed by atoms with Crippen LogP contribution in [0.15, 0.2) is 30.3 Å². The van der Waals surface area contributed by atoms with Crippen LogP contribution in [0.3, 0.4) is 0 Å². The molecule has 0 fully saturated rings. The zero-order chi connectivity index (χ0) is 13.2. The molecule has 1 aromatic carbocycles. The molecule has 5 nitrogen and oxygen atoms in total. The second-order valence-corrected chi connectivity index (χ2v) is 3.89. The summed E-state index contributed by atoms with van der Waals surface area (Å²) in [6, 6.07) is 9.45. The van der Waals surface area contributed by atoms with Crippen molar-refractivity contribution in [1.29, 1.82) is 0 Å². The third-order valence-electron chi connectivity index (χ3n) is 2.32. The number of hydrogen-bond acceptors (Lipinski definition) is 4. The van der Waals surface area contributed by atoms with E-state index in [0.717, 1.165) is 5.56 Å². The molecular weight excluding hydrogens is 234 g/mol. The highest BCUT2D eigenvalue weighted by molar-refractivity contribution is 5.67. The largest absolute Gasteiger partial charge is 0.445 e. The fourth-order valence-electron chi connectivity index (χ4n) is 1.39. The summed E-state index contributed by atoms with van der Waals surface area (Å²) in [6.07, 6.45) is -0.609. The lowest BCUT2D eigenvalue weighted by molar-refractivity contribution is 0.0589. The predicted molar refractivity (Wildman–Crippen MR) is 67.1 cm³/mol. The maximum absolute atomic E-state index is 11.3. The second-order valence-electron chi connectivity index (χ2n) is 3.89. The Morgan fingerprint density at radius 3 is 2.78 bits per heavy atom. The van der Waals surface area contributed by atoms with Crippen LogP contribution >= 0.6 is 0 Å². The van der Waals surface area contributed by atoms with E-state index in [1.165, 1.54) is 7.11 Å². The van der Waals surface area contributed by atoms with Crippen molar-refractivity contribution in [3.8, 4) is 0 Å². The topological polar surface area (TPSA) is 67.8 Å². The van der Waals surface area contributed by atoms with Gasteiger partial charge in [0.15, 0.2) is 0 Å². The molecule has 5 heteroatoms. The van der Waals surface area contributed by atoms with Crippen LogP contribution in [0.1, 0.15) is 12.0 Å².